The summed E-state index contributed by atoms with van der Waals surface area (Å²) in [6.45, 7) is 6.30. The van der Waals surface area contributed by atoms with Crippen molar-refractivity contribution in [3.8, 4) is 0 Å². The molecule has 0 unspecified atom stereocenters. The molecule has 0 aliphatic rings. The molecule has 2 rings (SSSR count). The fourth-order valence-electron chi connectivity index (χ4n) is 1.48. The van der Waals surface area contributed by atoms with Gasteiger partial charge in [0, 0.05) is 5.69 Å². The summed E-state index contributed by atoms with van der Waals surface area (Å²) in [7, 11) is 0. The first-order chi connectivity index (χ1) is 7.56. The third kappa shape index (κ3) is 2.36. The maximum absolute atomic E-state index is 4.14. The van der Waals surface area contributed by atoms with Crippen LogP contribution in [0.15, 0.2) is 16.5 Å². The summed E-state index contributed by atoms with van der Waals surface area (Å²) >= 11 is 5.57. The lowest BCUT2D eigenvalue weighted by atomic mass is 10.1. The van der Waals surface area contributed by atoms with Crippen LogP contribution in [0.1, 0.15) is 16.7 Å². The highest BCUT2D eigenvalue weighted by Crippen LogP contribution is 2.26. The zero-order valence-corrected chi connectivity index (χ0v) is 11.1. The van der Waals surface area contributed by atoms with E-state index >= 15 is 0 Å². The number of hydrogen-bond donors (Lipinski definition) is 2. The van der Waals surface area contributed by atoms with Crippen molar-refractivity contribution in [1.82, 2.24) is 10.2 Å². The summed E-state index contributed by atoms with van der Waals surface area (Å²) in [5.74, 6) is 0. The van der Waals surface area contributed by atoms with E-state index < -0.39 is 0 Å². The van der Waals surface area contributed by atoms with Crippen molar-refractivity contribution in [2.45, 2.75) is 25.1 Å². The molecule has 0 bridgehead atoms. The van der Waals surface area contributed by atoms with Crippen LogP contribution in [0.4, 0.5) is 10.8 Å². The number of anilines is 2. The minimum Gasteiger partial charge on any atom is -0.330 e. The van der Waals surface area contributed by atoms with Gasteiger partial charge in [-0.2, -0.15) is 0 Å². The second kappa shape index (κ2) is 4.43. The Morgan fingerprint density at radius 1 is 1.06 bits per heavy atom. The lowest BCUT2D eigenvalue weighted by molar-refractivity contribution is 1.02. The Kier molecular flexibility index (Phi) is 3.16. The first-order valence-corrected chi connectivity index (χ1v) is 6.20. The zero-order chi connectivity index (χ0) is 11.7. The highest BCUT2D eigenvalue weighted by molar-refractivity contribution is 7.82. The first kappa shape index (κ1) is 11.4. The zero-order valence-electron chi connectivity index (χ0n) is 9.40. The van der Waals surface area contributed by atoms with Crippen LogP contribution in [0, 0.1) is 20.8 Å². The first-order valence-electron chi connectivity index (χ1n) is 4.93. The van der Waals surface area contributed by atoms with Gasteiger partial charge in [0.2, 0.25) is 5.13 Å². The van der Waals surface area contributed by atoms with Gasteiger partial charge in [0.05, 0.1) is 0 Å². The Hall–Kier alpha value is -1.07. The van der Waals surface area contributed by atoms with Gasteiger partial charge in [-0.25, -0.2) is 0 Å². The van der Waals surface area contributed by atoms with Crippen LogP contribution in [-0.2, 0) is 0 Å². The lowest BCUT2D eigenvalue weighted by Crippen LogP contribution is -1.95. The molecule has 16 heavy (non-hydrogen) atoms. The quantitative estimate of drug-likeness (QED) is 0.802. The van der Waals surface area contributed by atoms with Gasteiger partial charge in [-0.15, -0.1) is 22.8 Å². The fourth-order valence-corrected chi connectivity index (χ4v) is 2.28. The second-order valence-electron chi connectivity index (χ2n) is 3.77. The summed E-state index contributed by atoms with van der Waals surface area (Å²) in [4.78, 5) is 0. The van der Waals surface area contributed by atoms with Gasteiger partial charge in [0.25, 0.3) is 0 Å². The van der Waals surface area contributed by atoms with Crippen LogP contribution in [-0.4, -0.2) is 10.2 Å². The number of hydrogen-bond acceptors (Lipinski definition) is 5. The van der Waals surface area contributed by atoms with Gasteiger partial charge in [0.1, 0.15) is 0 Å². The molecule has 2 aromatic rings. The number of nitrogens with zero attached hydrogens (tertiary/aromatic N) is 2. The van der Waals surface area contributed by atoms with Crippen LogP contribution >= 0.6 is 24.0 Å². The average molecular weight is 251 g/mol. The van der Waals surface area contributed by atoms with Crippen LogP contribution < -0.4 is 5.32 Å². The smallest absolute Gasteiger partial charge is 0.210 e. The normalized spacial score (nSPS) is 10.5. The number of thiol groups is 1. The Labute approximate surface area is 104 Å². The van der Waals surface area contributed by atoms with Gasteiger partial charge in [-0.3, -0.25) is 0 Å². The SMILES string of the molecule is Cc1cc(C)c(Nc2nnc(S)s2)cc1C. The summed E-state index contributed by atoms with van der Waals surface area (Å²) in [5.41, 5.74) is 4.85. The molecule has 1 aromatic heterocycles. The molecule has 84 valence electrons. The summed E-state index contributed by atoms with van der Waals surface area (Å²) < 4.78 is 0.670. The van der Waals surface area contributed by atoms with E-state index in [9.17, 15) is 0 Å². The predicted molar refractivity (Wildman–Crippen MR) is 71.1 cm³/mol. The Balaban J connectivity index is 2.31. The molecule has 3 nitrogen and oxygen atoms in total. The molecular weight excluding hydrogens is 238 g/mol. The Morgan fingerprint density at radius 3 is 2.38 bits per heavy atom. The van der Waals surface area contributed by atoms with Crippen molar-refractivity contribution in [2.75, 3.05) is 5.32 Å². The van der Waals surface area contributed by atoms with E-state index in [4.69, 9.17) is 0 Å². The van der Waals surface area contributed by atoms with Crippen molar-refractivity contribution in [1.29, 1.82) is 0 Å². The Morgan fingerprint density at radius 2 is 1.75 bits per heavy atom. The molecule has 0 fully saturated rings. The molecular formula is C11H13N3S2. The summed E-state index contributed by atoms with van der Waals surface area (Å²) in [5, 5.41) is 11.9. The predicted octanol–water partition coefficient (Wildman–Crippen LogP) is 3.50. The van der Waals surface area contributed by atoms with Crippen LogP contribution in [0.3, 0.4) is 0 Å². The number of aryl methyl sites for hydroxylation is 3. The molecule has 0 aliphatic carbocycles. The molecule has 1 N–H and O–H groups in total. The number of aromatic nitrogens is 2. The fraction of sp³-hybridized carbons (Fsp3) is 0.273. The minimum atomic E-state index is 0.670. The van der Waals surface area contributed by atoms with Crippen molar-refractivity contribution in [2.24, 2.45) is 0 Å². The summed E-state index contributed by atoms with van der Waals surface area (Å²) in [6, 6.07) is 4.30. The van der Waals surface area contributed by atoms with Crippen molar-refractivity contribution in [3.05, 3.63) is 28.8 Å². The van der Waals surface area contributed by atoms with E-state index in [1.54, 1.807) is 0 Å². The molecule has 1 aromatic carbocycles. The standard InChI is InChI=1S/C11H13N3S2/c1-6-4-8(3)9(5-7(6)2)12-10-13-14-11(15)16-10/h4-5H,1-3H3,(H,12,13)(H,14,15). The maximum Gasteiger partial charge on any atom is 0.210 e. The van der Waals surface area contributed by atoms with Gasteiger partial charge >= 0.3 is 0 Å². The molecule has 1 heterocycles. The molecule has 0 amide bonds. The number of nitrogens with one attached hydrogen (secondary N) is 1. The molecule has 0 spiro atoms. The molecule has 0 aliphatic heterocycles. The van der Waals surface area contributed by atoms with Crippen LogP contribution in [0.2, 0.25) is 0 Å². The monoisotopic (exact) mass is 251 g/mol. The van der Waals surface area contributed by atoms with E-state index in [1.807, 2.05) is 0 Å². The van der Waals surface area contributed by atoms with Crippen LogP contribution in [0.25, 0.3) is 0 Å². The molecule has 5 heteroatoms. The Bertz CT molecular complexity index is 520. The minimum absolute atomic E-state index is 0.670. The average Bonchev–Trinajstić information content (AvgIpc) is 2.60. The van der Waals surface area contributed by atoms with E-state index in [2.05, 4.69) is 61.0 Å². The molecule has 0 saturated carbocycles. The van der Waals surface area contributed by atoms with Gasteiger partial charge in [-0.1, -0.05) is 17.4 Å². The van der Waals surface area contributed by atoms with E-state index in [1.165, 1.54) is 28.0 Å². The van der Waals surface area contributed by atoms with Crippen LogP contribution in [0.5, 0.6) is 0 Å². The number of rotatable bonds is 2. The van der Waals surface area contributed by atoms with E-state index in [-0.39, 0.29) is 0 Å². The summed E-state index contributed by atoms with van der Waals surface area (Å²) in [6.07, 6.45) is 0. The van der Waals surface area contributed by atoms with Gasteiger partial charge < -0.3 is 5.32 Å². The topological polar surface area (TPSA) is 37.8 Å². The van der Waals surface area contributed by atoms with Gasteiger partial charge in [0.15, 0.2) is 4.34 Å². The lowest BCUT2D eigenvalue weighted by Gasteiger charge is -2.09. The second-order valence-corrected chi connectivity index (χ2v) is 5.47. The van der Waals surface area contributed by atoms with Crippen molar-refractivity contribution < 1.29 is 0 Å². The highest BCUT2D eigenvalue weighted by atomic mass is 32.2. The number of benzene rings is 1. The maximum atomic E-state index is 4.14. The largest absolute Gasteiger partial charge is 0.330 e. The molecule has 0 atom stereocenters. The van der Waals surface area contributed by atoms with Gasteiger partial charge in [-0.05, 0) is 43.5 Å². The highest BCUT2D eigenvalue weighted by Gasteiger charge is 2.05. The van der Waals surface area contributed by atoms with E-state index in [0.29, 0.717) is 4.34 Å². The van der Waals surface area contributed by atoms with E-state index in [0.717, 1.165) is 10.8 Å². The third-order valence-electron chi connectivity index (χ3n) is 2.50. The molecule has 0 radical (unpaired) electrons. The third-order valence-corrected chi connectivity index (χ3v) is 3.50. The van der Waals surface area contributed by atoms with Crippen molar-refractivity contribution in [3.63, 3.8) is 0 Å². The molecule has 0 saturated heterocycles. The van der Waals surface area contributed by atoms with Crippen molar-refractivity contribution >= 4 is 34.8 Å².